The summed E-state index contributed by atoms with van der Waals surface area (Å²) in [5.74, 6) is 2.68. The number of amides is 1. The van der Waals surface area contributed by atoms with Gasteiger partial charge in [0.25, 0.3) is 0 Å². The molecule has 0 bridgehead atoms. The van der Waals surface area contributed by atoms with Gasteiger partial charge in [-0.25, -0.2) is 0 Å². The van der Waals surface area contributed by atoms with E-state index in [4.69, 9.17) is 9.15 Å². The van der Waals surface area contributed by atoms with E-state index in [9.17, 15) is 4.79 Å². The molecule has 1 amide bonds. The SMILES string of the molecule is CC(C)CN(C(=O)CSc1nnc(N2CCOCC2)n1Cc1ccco1)C1CC1. The number of carbonyl (C=O) groups excluding carboxylic acids is 1. The Labute approximate surface area is 175 Å². The first-order valence-electron chi connectivity index (χ1n) is 10.3. The maximum Gasteiger partial charge on any atom is 0.233 e. The molecule has 2 fully saturated rings. The second kappa shape index (κ2) is 9.21. The van der Waals surface area contributed by atoms with Crippen molar-refractivity contribution in [2.45, 2.75) is 44.4 Å². The molecule has 1 aliphatic heterocycles. The monoisotopic (exact) mass is 419 g/mol. The number of morpholine rings is 1. The van der Waals surface area contributed by atoms with E-state index >= 15 is 0 Å². The lowest BCUT2D eigenvalue weighted by atomic mass is 10.2. The number of carbonyl (C=O) groups is 1. The molecule has 3 heterocycles. The number of anilines is 1. The molecule has 0 atom stereocenters. The van der Waals surface area contributed by atoms with Crippen LogP contribution in [-0.2, 0) is 16.1 Å². The molecule has 158 valence electrons. The van der Waals surface area contributed by atoms with Crippen LogP contribution in [0.15, 0.2) is 28.0 Å². The van der Waals surface area contributed by atoms with E-state index in [-0.39, 0.29) is 5.91 Å². The highest BCUT2D eigenvalue weighted by Gasteiger charge is 2.33. The standard InChI is InChI=1S/C20H29N5O3S/c1-15(2)12-24(16-5-6-16)18(26)14-29-20-22-21-19(23-7-10-27-11-8-23)25(20)13-17-4-3-9-28-17/h3-4,9,15-16H,5-8,10-14H2,1-2H3. The van der Waals surface area contributed by atoms with Crippen LogP contribution >= 0.6 is 11.8 Å². The third-order valence-corrected chi connectivity index (χ3v) is 6.03. The van der Waals surface area contributed by atoms with E-state index in [1.165, 1.54) is 11.8 Å². The highest BCUT2D eigenvalue weighted by molar-refractivity contribution is 7.99. The Morgan fingerprint density at radius 1 is 1.31 bits per heavy atom. The summed E-state index contributed by atoms with van der Waals surface area (Å²) in [6.45, 7) is 8.60. The van der Waals surface area contributed by atoms with Gasteiger partial charge in [0.1, 0.15) is 5.76 Å². The maximum absolute atomic E-state index is 12.9. The van der Waals surface area contributed by atoms with E-state index in [0.717, 1.165) is 49.3 Å². The van der Waals surface area contributed by atoms with Crippen LogP contribution in [0.5, 0.6) is 0 Å². The Kier molecular flexibility index (Phi) is 6.44. The van der Waals surface area contributed by atoms with Gasteiger partial charge < -0.3 is 19.0 Å². The summed E-state index contributed by atoms with van der Waals surface area (Å²) < 4.78 is 13.1. The molecule has 0 N–H and O–H groups in total. The molecular formula is C20H29N5O3S. The fraction of sp³-hybridized carbons (Fsp3) is 0.650. The van der Waals surface area contributed by atoms with Gasteiger partial charge >= 0.3 is 0 Å². The van der Waals surface area contributed by atoms with Crippen LogP contribution in [0.25, 0.3) is 0 Å². The van der Waals surface area contributed by atoms with Gasteiger partial charge in [0.05, 0.1) is 31.8 Å². The Hall–Kier alpha value is -2.00. The minimum Gasteiger partial charge on any atom is -0.467 e. The van der Waals surface area contributed by atoms with Gasteiger partial charge in [-0.05, 0) is 30.9 Å². The van der Waals surface area contributed by atoms with Crippen molar-refractivity contribution >= 4 is 23.6 Å². The van der Waals surface area contributed by atoms with Gasteiger partial charge in [0.15, 0.2) is 5.16 Å². The normalized spacial score (nSPS) is 17.1. The van der Waals surface area contributed by atoms with Gasteiger partial charge in [-0.2, -0.15) is 0 Å². The quantitative estimate of drug-likeness (QED) is 0.578. The molecule has 0 spiro atoms. The average Bonchev–Trinajstić information content (AvgIpc) is 3.28. The van der Waals surface area contributed by atoms with Crippen molar-refractivity contribution in [1.29, 1.82) is 0 Å². The lowest BCUT2D eigenvalue weighted by Gasteiger charge is -2.27. The third kappa shape index (κ3) is 5.14. The predicted octanol–water partition coefficient (Wildman–Crippen LogP) is 2.50. The lowest BCUT2D eigenvalue weighted by molar-refractivity contribution is -0.129. The van der Waals surface area contributed by atoms with Crippen molar-refractivity contribution in [2.75, 3.05) is 43.5 Å². The lowest BCUT2D eigenvalue weighted by Crippen LogP contribution is -2.38. The van der Waals surface area contributed by atoms with Gasteiger partial charge in [0, 0.05) is 25.7 Å². The highest BCUT2D eigenvalue weighted by Crippen LogP contribution is 2.30. The Balaban J connectivity index is 1.48. The van der Waals surface area contributed by atoms with Gasteiger partial charge in [-0.15, -0.1) is 10.2 Å². The molecule has 1 saturated heterocycles. The number of aromatic nitrogens is 3. The third-order valence-electron chi connectivity index (χ3n) is 5.08. The highest BCUT2D eigenvalue weighted by atomic mass is 32.2. The van der Waals surface area contributed by atoms with E-state index < -0.39 is 0 Å². The van der Waals surface area contributed by atoms with Crippen LogP contribution in [0.1, 0.15) is 32.4 Å². The van der Waals surface area contributed by atoms with Crippen molar-refractivity contribution in [3.63, 3.8) is 0 Å². The zero-order chi connectivity index (χ0) is 20.2. The van der Waals surface area contributed by atoms with Crippen molar-refractivity contribution in [3.8, 4) is 0 Å². The summed E-state index contributed by atoms with van der Waals surface area (Å²) in [5.41, 5.74) is 0. The summed E-state index contributed by atoms with van der Waals surface area (Å²) in [4.78, 5) is 17.1. The van der Waals surface area contributed by atoms with Crippen molar-refractivity contribution < 1.29 is 13.9 Å². The number of nitrogens with zero attached hydrogens (tertiary/aromatic N) is 5. The molecule has 1 aliphatic carbocycles. The Bertz CT molecular complexity index is 797. The summed E-state index contributed by atoms with van der Waals surface area (Å²) in [5, 5.41) is 9.59. The van der Waals surface area contributed by atoms with E-state index in [1.807, 2.05) is 21.6 Å². The zero-order valence-electron chi connectivity index (χ0n) is 17.1. The number of hydrogen-bond donors (Lipinski definition) is 0. The summed E-state index contributed by atoms with van der Waals surface area (Å²) in [7, 11) is 0. The molecule has 2 aliphatic rings. The van der Waals surface area contributed by atoms with Crippen molar-refractivity contribution in [3.05, 3.63) is 24.2 Å². The zero-order valence-corrected chi connectivity index (χ0v) is 17.9. The maximum atomic E-state index is 12.9. The fourth-order valence-corrected chi connectivity index (χ4v) is 4.34. The van der Waals surface area contributed by atoms with Crippen molar-refractivity contribution in [1.82, 2.24) is 19.7 Å². The first-order valence-corrected chi connectivity index (χ1v) is 11.3. The summed E-state index contributed by atoms with van der Waals surface area (Å²) in [6.07, 6.45) is 3.92. The van der Waals surface area contributed by atoms with Gasteiger partial charge in [-0.3, -0.25) is 9.36 Å². The van der Waals surface area contributed by atoms with Crippen LogP contribution < -0.4 is 4.90 Å². The number of ether oxygens (including phenoxy) is 1. The minimum atomic E-state index is 0.187. The van der Waals surface area contributed by atoms with E-state index in [2.05, 4.69) is 28.9 Å². The fourth-order valence-electron chi connectivity index (χ4n) is 3.53. The molecule has 0 radical (unpaired) electrons. The molecular weight excluding hydrogens is 390 g/mol. The largest absolute Gasteiger partial charge is 0.467 e. The number of hydrogen-bond acceptors (Lipinski definition) is 7. The molecule has 1 saturated carbocycles. The number of thioether (sulfide) groups is 1. The second-order valence-electron chi connectivity index (χ2n) is 8.01. The minimum absolute atomic E-state index is 0.187. The number of rotatable bonds is 9. The summed E-state index contributed by atoms with van der Waals surface area (Å²) in [6, 6.07) is 4.25. The van der Waals surface area contributed by atoms with E-state index in [0.29, 0.717) is 37.5 Å². The Morgan fingerprint density at radius 2 is 2.10 bits per heavy atom. The topological polar surface area (TPSA) is 76.6 Å². The Morgan fingerprint density at radius 3 is 2.76 bits per heavy atom. The smallest absolute Gasteiger partial charge is 0.233 e. The van der Waals surface area contributed by atoms with Gasteiger partial charge in [0.2, 0.25) is 11.9 Å². The first-order chi connectivity index (χ1) is 14.1. The van der Waals surface area contributed by atoms with Crippen LogP contribution in [0, 0.1) is 5.92 Å². The predicted molar refractivity (Wildman–Crippen MR) is 111 cm³/mol. The first kappa shape index (κ1) is 20.3. The molecule has 8 nitrogen and oxygen atoms in total. The second-order valence-corrected chi connectivity index (χ2v) is 8.95. The molecule has 9 heteroatoms. The van der Waals surface area contributed by atoms with Crippen LogP contribution in [0.4, 0.5) is 5.95 Å². The van der Waals surface area contributed by atoms with Crippen LogP contribution in [0.2, 0.25) is 0 Å². The molecule has 29 heavy (non-hydrogen) atoms. The van der Waals surface area contributed by atoms with Gasteiger partial charge in [-0.1, -0.05) is 25.6 Å². The van der Waals surface area contributed by atoms with Crippen molar-refractivity contribution in [2.24, 2.45) is 5.92 Å². The molecule has 4 rings (SSSR count). The van der Waals surface area contributed by atoms with Crippen LogP contribution in [0.3, 0.4) is 0 Å². The van der Waals surface area contributed by atoms with E-state index in [1.54, 1.807) is 6.26 Å². The molecule has 2 aromatic rings. The van der Waals surface area contributed by atoms with Crippen LogP contribution in [-0.4, -0.2) is 70.2 Å². The molecule has 0 aromatic carbocycles. The summed E-state index contributed by atoms with van der Waals surface area (Å²) >= 11 is 1.46. The molecule has 0 unspecified atom stereocenters. The molecule has 2 aromatic heterocycles. The average molecular weight is 420 g/mol. The number of furan rings is 1.